The van der Waals surface area contributed by atoms with Crippen molar-refractivity contribution in [3.63, 3.8) is 0 Å². The number of nitrogens with zero attached hydrogens (tertiary/aromatic N) is 1. The molecule has 4 nitrogen and oxygen atoms in total. The molecule has 1 aromatic heterocycles. The number of benzene rings is 1. The molecular formula is C10H9BrFN3O. The predicted molar refractivity (Wildman–Crippen MR) is 62.6 cm³/mol. The van der Waals surface area contributed by atoms with Gasteiger partial charge in [-0.15, -0.1) is 0 Å². The molecule has 0 aliphatic heterocycles. The normalized spacial score (nSPS) is 10.4. The summed E-state index contributed by atoms with van der Waals surface area (Å²) in [5, 5.41) is 0. The SMILES string of the molecule is COc1c(F)cc(Br)cc1-c1cnc(N)[nH]1. The maximum Gasteiger partial charge on any atom is 0.197 e. The van der Waals surface area contributed by atoms with Crippen LogP contribution < -0.4 is 10.5 Å². The highest BCUT2D eigenvalue weighted by atomic mass is 79.9. The number of imidazole rings is 1. The first-order valence-electron chi connectivity index (χ1n) is 4.45. The van der Waals surface area contributed by atoms with E-state index in [9.17, 15) is 4.39 Å². The van der Waals surface area contributed by atoms with Gasteiger partial charge in [0.15, 0.2) is 17.5 Å². The summed E-state index contributed by atoms with van der Waals surface area (Å²) in [6, 6.07) is 3.07. The number of aromatic nitrogens is 2. The molecule has 6 heteroatoms. The maximum absolute atomic E-state index is 13.6. The topological polar surface area (TPSA) is 63.9 Å². The number of methoxy groups -OCH3 is 1. The number of nitrogens with two attached hydrogens (primary N) is 1. The lowest BCUT2D eigenvalue weighted by atomic mass is 10.1. The summed E-state index contributed by atoms with van der Waals surface area (Å²) in [6.07, 6.45) is 1.53. The molecule has 0 aliphatic rings. The molecule has 0 bridgehead atoms. The molecule has 0 amide bonds. The van der Waals surface area contributed by atoms with Crippen LogP contribution in [0.5, 0.6) is 5.75 Å². The van der Waals surface area contributed by atoms with E-state index in [1.165, 1.54) is 19.4 Å². The second-order valence-electron chi connectivity index (χ2n) is 3.15. The molecule has 2 aromatic rings. The van der Waals surface area contributed by atoms with E-state index in [0.29, 0.717) is 15.7 Å². The van der Waals surface area contributed by atoms with E-state index in [-0.39, 0.29) is 11.7 Å². The van der Waals surface area contributed by atoms with Crippen molar-refractivity contribution < 1.29 is 9.13 Å². The molecule has 0 fully saturated rings. The molecule has 2 rings (SSSR count). The Morgan fingerprint density at radius 3 is 2.81 bits per heavy atom. The van der Waals surface area contributed by atoms with Crippen LogP contribution in [-0.4, -0.2) is 17.1 Å². The third kappa shape index (κ3) is 1.88. The second kappa shape index (κ2) is 4.13. The van der Waals surface area contributed by atoms with Crippen LogP contribution in [0.15, 0.2) is 22.8 Å². The maximum atomic E-state index is 13.6. The van der Waals surface area contributed by atoms with Gasteiger partial charge < -0.3 is 15.5 Å². The van der Waals surface area contributed by atoms with Gasteiger partial charge >= 0.3 is 0 Å². The molecule has 0 saturated carbocycles. The van der Waals surface area contributed by atoms with Crippen molar-refractivity contribution in [3.8, 4) is 17.0 Å². The molecule has 0 unspecified atom stereocenters. The first kappa shape index (κ1) is 10.9. The molecule has 1 heterocycles. The van der Waals surface area contributed by atoms with Gasteiger partial charge in [-0.2, -0.15) is 0 Å². The second-order valence-corrected chi connectivity index (χ2v) is 4.07. The number of ether oxygens (including phenoxy) is 1. The van der Waals surface area contributed by atoms with Gasteiger partial charge in [-0.1, -0.05) is 15.9 Å². The lowest BCUT2D eigenvalue weighted by Crippen LogP contribution is -1.93. The van der Waals surface area contributed by atoms with Crippen LogP contribution in [0.1, 0.15) is 0 Å². The van der Waals surface area contributed by atoms with Gasteiger partial charge in [0.25, 0.3) is 0 Å². The summed E-state index contributed by atoms with van der Waals surface area (Å²) in [7, 11) is 1.41. The van der Waals surface area contributed by atoms with E-state index in [0.717, 1.165) is 0 Å². The van der Waals surface area contributed by atoms with Crippen LogP contribution >= 0.6 is 15.9 Å². The Kier molecular flexibility index (Phi) is 2.82. The zero-order valence-corrected chi connectivity index (χ0v) is 10.0. The fourth-order valence-corrected chi connectivity index (χ4v) is 1.87. The Bertz CT molecular complexity index is 527. The summed E-state index contributed by atoms with van der Waals surface area (Å²) >= 11 is 3.22. The molecule has 3 N–H and O–H groups in total. The van der Waals surface area contributed by atoms with E-state index in [1.54, 1.807) is 6.07 Å². The number of hydrogen-bond donors (Lipinski definition) is 2. The van der Waals surface area contributed by atoms with Crippen molar-refractivity contribution in [1.29, 1.82) is 0 Å². The Hall–Kier alpha value is -1.56. The van der Waals surface area contributed by atoms with Gasteiger partial charge in [0.1, 0.15) is 0 Å². The van der Waals surface area contributed by atoms with E-state index >= 15 is 0 Å². The standard InChI is InChI=1S/C10H9BrFN3O/c1-16-9-6(2-5(11)3-7(9)12)8-4-14-10(13)15-8/h2-4H,1H3,(H3,13,14,15). The summed E-state index contributed by atoms with van der Waals surface area (Å²) in [5.41, 5.74) is 6.64. The average Bonchev–Trinajstić information content (AvgIpc) is 2.63. The molecule has 16 heavy (non-hydrogen) atoms. The summed E-state index contributed by atoms with van der Waals surface area (Å²) in [4.78, 5) is 6.68. The highest BCUT2D eigenvalue weighted by Gasteiger charge is 2.14. The number of rotatable bonds is 2. The van der Waals surface area contributed by atoms with Crippen molar-refractivity contribution in [2.24, 2.45) is 0 Å². The number of nitrogens with one attached hydrogen (secondary N) is 1. The van der Waals surface area contributed by atoms with Crippen LogP contribution in [0, 0.1) is 5.82 Å². The van der Waals surface area contributed by atoms with E-state index in [1.807, 2.05) is 0 Å². The number of H-pyrrole nitrogens is 1. The third-order valence-electron chi connectivity index (χ3n) is 2.10. The van der Waals surface area contributed by atoms with Gasteiger partial charge in [-0.3, -0.25) is 0 Å². The number of hydrogen-bond acceptors (Lipinski definition) is 3. The molecule has 0 spiro atoms. The molecular weight excluding hydrogens is 277 g/mol. The molecule has 0 radical (unpaired) electrons. The predicted octanol–water partition coefficient (Wildman–Crippen LogP) is 2.57. The number of aromatic amines is 1. The van der Waals surface area contributed by atoms with Gasteiger partial charge in [-0.25, -0.2) is 9.37 Å². The summed E-state index contributed by atoms with van der Waals surface area (Å²) in [5.74, 6) is -0.00988. The van der Waals surface area contributed by atoms with Gasteiger partial charge in [0, 0.05) is 10.0 Å². The zero-order chi connectivity index (χ0) is 11.7. The zero-order valence-electron chi connectivity index (χ0n) is 8.42. The van der Waals surface area contributed by atoms with E-state index in [2.05, 4.69) is 25.9 Å². The van der Waals surface area contributed by atoms with Crippen molar-refractivity contribution >= 4 is 21.9 Å². The highest BCUT2D eigenvalue weighted by molar-refractivity contribution is 9.10. The first-order valence-corrected chi connectivity index (χ1v) is 5.25. The van der Waals surface area contributed by atoms with Crippen molar-refractivity contribution in [1.82, 2.24) is 9.97 Å². The fraction of sp³-hybridized carbons (Fsp3) is 0.100. The highest BCUT2D eigenvalue weighted by Crippen LogP contribution is 2.34. The monoisotopic (exact) mass is 285 g/mol. The van der Waals surface area contributed by atoms with Crippen LogP contribution in [0.3, 0.4) is 0 Å². The number of nitrogen functional groups attached to an aromatic ring is 1. The summed E-state index contributed by atoms with van der Waals surface area (Å²) in [6.45, 7) is 0. The molecule has 0 aliphatic carbocycles. The number of halogens is 2. The quantitative estimate of drug-likeness (QED) is 0.891. The number of anilines is 1. The largest absolute Gasteiger partial charge is 0.493 e. The van der Waals surface area contributed by atoms with E-state index < -0.39 is 5.82 Å². The molecule has 1 aromatic carbocycles. The Morgan fingerprint density at radius 2 is 2.25 bits per heavy atom. The Labute approximate surface area is 99.8 Å². The van der Waals surface area contributed by atoms with Crippen LogP contribution in [0.2, 0.25) is 0 Å². The minimum atomic E-state index is -0.444. The van der Waals surface area contributed by atoms with Crippen molar-refractivity contribution in [2.45, 2.75) is 0 Å². The lowest BCUT2D eigenvalue weighted by molar-refractivity contribution is 0.388. The summed E-state index contributed by atoms with van der Waals surface area (Å²) < 4.78 is 19.2. The molecule has 0 atom stereocenters. The van der Waals surface area contributed by atoms with Gasteiger partial charge in [0.05, 0.1) is 19.0 Å². The average molecular weight is 286 g/mol. The van der Waals surface area contributed by atoms with E-state index in [4.69, 9.17) is 10.5 Å². The smallest absolute Gasteiger partial charge is 0.197 e. The Balaban J connectivity index is 2.63. The van der Waals surface area contributed by atoms with Crippen LogP contribution in [-0.2, 0) is 0 Å². The minimum Gasteiger partial charge on any atom is -0.493 e. The Morgan fingerprint density at radius 1 is 1.50 bits per heavy atom. The first-order chi connectivity index (χ1) is 7.61. The van der Waals surface area contributed by atoms with Crippen LogP contribution in [0.4, 0.5) is 10.3 Å². The van der Waals surface area contributed by atoms with Crippen molar-refractivity contribution in [2.75, 3.05) is 12.8 Å². The molecule has 84 valence electrons. The van der Waals surface area contributed by atoms with Crippen molar-refractivity contribution in [3.05, 3.63) is 28.6 Å². The van der Waals surface area contributed by atoms with Gasteiger partial charge in [0.2, 0.25) is 0 Å². The molecule has 0 saturated heterocycles. The lowest BCUT2D eigenvalue weighted by Gasteiger charge is -2.08. The van der Waals surface area contributed by atoms with Crippen LogP contribution in [0.25, 0.3) is 11.3 Å². The minimum absolute atomic E-state index is 0.159. The van der Waals surface area contributed by atoms with Gasteiger partial charge in [-0.05, 0) is 12.1 Å². The third-order valence-corrected chi connectivity index (χ3v) is 2.56. The fourth-order valence-electron chi connectivity index (χ4n) is 1.44.